The number of nitrogens with zero attached hydrogens (tertiary/aromatic N) is 3. The molecule has 1 aliphatic heterocycles. The summed E-state index contributed by atoms with van der Waals surface area (Å²) >= 11 is 0. The first-order chi connectivity index (χ1) is 15.8. The van der Waals surface area contributed by atoms with Gasteiger partial charge in [-0.2, -0.15) is 0 Å². The van der Waals surface area contributed by atoms with E-state index >= 15 is 0 Å². The molecule has 1 aliphatic rings. The van der Waals surface area contributed by atoms with Gasteiger partial charge >= 0.3 is 0 Å². The van der Waals surface area contributed by atoms with Crippen molar-refractivity contribution in [3.05, 3.63) is 64.1 Å². The summed E-state index contributed by atoms with van der Waals surface area (Å²) in [5.41, 5.74) is 1.10. The molecule has 9 heteroatoms. The number of sulfone groups is 1. The first-order valence-corrected chi connectivity index (χ1v) is 12.5. The third kappa shape index (κ3) is 4.25. The van der Waals surface area contributed by atoms with E-state index in [4.69, 9.17) is 4.74 Å². The number of hydrogen-bond acceptors (Lipinski definition) is 6. The Labute approximate surface area is 192 Å². The Morgan fingerprint density at radius 1 is 1.12 bits per heavy atom. The maximum absolute atomic E-state index is 13.2. The van der Waals surface area contributed by atoms with Crippen LogP contribution in [0.2, 0.25) is 0 Å². The molecule has 1 aromatic carbocycles. The van der Waals surface area contributed by atoms with Gasteiger partial charge in [0.15, 0.2) is 9.84 Å². The summed E-state index contributed by atoms with van der Waals surface area (Å²) in [7, 11) is -1.99. The minimum atomic E-state index is -3.52. The molecular formula is C24H27N3O5S. The number of rotatable bonds is 5. The minimum Gasteiger partial charge on any atom is -0.497 e. The van der Waals surface area contributed by atoms with E-state index in [1.165, 1.54) is 7.11 Å². The SMILES string of the molecule is CCn1cc(C(=O)N2CCC(S(=O)(=O)c3ccc(OC)cc3)CC2)c(=O)c2ccc(C)nc21. The van der Waals surface area contributed by atoms with Crippen molar-refractivity contribution in [3.63, 3.8) is 0 Å². The van der Waals surface area contributed by atoms with Gasteiger partial charge in [0.25, 0.3) is 5.91 Å². The molecule has 4 rings (SSSR count). The Bertz CT molecular complexity index is 1360. The molecule has 1 saturated heterocycles. The largest absolute Gasteiger partial charge is 0.497 e. The summed E-state index contributed by atoms with van der Waals surface area (Å²) < 4.78 is 33.0. The molecule has 1 fully saturated rings. The van der Waals surface area contributed by atoms with Crippen LogP contribution < -0.4 is 10.2 Å². The highest BCUT2D eigenvalue weighted by Gasteiger charge is 2.33. The predicted octanol–water partition coefficient (Wildman–Crippen LogP) is 2.81. The fraction of sp³-hybridized carbons (Fsp3) is 0.375. The number of amides is 1. The molecule has 0 N–H and O–H groups in total. The van der Waals surface area contributed by atoms with Crippen LogP contribution >= 0.6 is 0 Å². The molecule has 0 bridgehead atoms. The second kappa shape index (κ2) is 8.97. The number of piperidine rings is 1. The summed E-state index contributed by atoms with van der Waals surface area (Å²) in [5.74, 6) is 0.220. The van der Waals surface area contributed by atoms with E-state index in [9.17, 15) is 18.0 Å². The van der Waals surface area contributed by atoms with Crippen molar-refractivity contribution in [2.75, 3.05) is 20.2 Å². The van der Waals surface area contributed by atoms with Crippen molar-refractivity contribution in [2.24, 2.45) is 0 Å². The predicted molar refractivity (Wildman–Crippen MR) is 126 cm³/mol. The minimum absolute atomic E-state index is 0.0893. The highest BCUT2D eigenvalue weighted by atomic mass is 32.2. The number of ether oxygens (including phenoxy) is 1. The number of pyridine rings is 2. The number of carbonyl (C=O) groups excluding carboxylic acids is 1. The Balaban J connectivity index is 1.55. The summed E-state index contributed by atoms with van der Waals surface area (Å²) in [5, 5.41) is -0.170. The number of likely N-dealkylation sites (tertiary alicyclic amines) is 1. The second-order valence-electron chi connectivity index (χ2n) is 8.19. The Hall–Kier alpha value is -3.20. The zero-order valence-corrected chi connectivity index (χ0v) is 19.8. The quantitative estimate of drug-likeness (QED) is 0.570. The van der Waals surface area contributed by atoms with Crippen molar-refractivity contribution in [1.29, 1.82) is 0 Å². The number of fused-ring (bicyclic) bond motifs is 1. The molecule has 0 atom stereocenters. The molecule has 0 unspecified atom stereocenters. The van der Waals surface area contributed by atoms with Crippen molar-refractivity contribution in [2.45, 2.75) is 43.4 Å². The highest BCUT2D eigenvalue weighted by molar-refractivity contribution is 7.92. The van der Waals surface area contributed by atoms with Crippen LogP contribution in [0.1, 0.15) is 35.8 Å². The molecule has 8 nitrogen and oxygen atoms in total. The molecule has 174 valence electrons. The van der Waals surface area contributed by atoms with Gasteiger partial charge in [0.05, 0.1) is 22.6 Å². The van der Waals surface area contributed by atoms with Crippen LogP contribution in [0.5, 0.6) is 5.75 Å². The summed E-state index contributed by atoms with van der Waals surface area (Å²) in [6.07, 6.45) is 2.20. The van der Waals surface area contributed by atoms with Gasteiger partial charge in [-0.05, 0) is 63.1 Å². The Morgan fingerprint density at radius 3 is 2.39 bits per heavy atom. The fourth-order valence-electron chi connectivity index (χ4n) is 4.25. The van der Waals surface area contributed by atoms with Gasteiger partial charge in [0.1, 0.15) is 17.0 Å². The van der Waals surface area contributed by atoms with E-state index in [2.05, 4.69) is 4.98 Å². The number of methoxy groups -OCH3 is 1. The average molecular weight is 470 g/mol. The Kier molecular flexibility index (Phi) is 6.25. The third-order valence-electron chi connectivity index (χ3n) is 6.19. The Morgan fingerprint density at radius 2 is 1.79 bits per heavy atom. The second-order valence-corrected chi connectivity index (χ2v) is 10.4. The molecule has 3 aromatic rings. The molecule has 3 heterocycles. The van der Waals surface area contributed by atoms with Gasteiger partial charge in [-0.15, -0.1) is 0 Å². The van der Waals surface area contributed by atoms with Crippen molar-refractivity contribution in [3.8, 4) is 5.75 Å². The molecule has 0 aliphatic carbocycles. The monoisotopic (exact) mass is 469 g/mol. The number of benzene rings is 1. The number of aryl methyl sites for hydroxylation is 2. The summed E-state index contributed by atoms with van der Waals surface area (Å²) in [6.45, 7) is 4.89. The number of aromatic nitrogens is 2. The van der Waals surface area contributed by atoms with Crippen molar-refractivity contribution in [1.82, 2.24) is 14.5 Å². The van der Waals surface area contributed by atoms with E-state index in [0.717, 1.165) is 5.69 Å². The number of hydrogen-bond donors (Lipinski definition) is 0. The molecule has 0 spiro atoms. The van der Waals surface area contributed by atoms with Crippen LogP contribution in [-0.2, 0) is 16.4 Å². The lowest BCUT2D eigenvalue weighted by molar-refractivity contribution is 0.0723. The lowest BCUT2D eigenvalue weighted by Crippen LogP contribution is -2.44. The highest BCUT2D eigenvalue weighted by Crippen LogP contribution is 2.26. The molecule has 1 amide bonds. The van der Waals surface area contributed by atoms with Crippen molar-refractivity contribution >= 4 is 26.8 Å². The lowest BCUT2D eigenvalue weighted by atomic mass is 10.1. The van der Waals surface area contributed by atoms with Crippen LogP contribution in [0.25, 0.3) is 11.0 Å². The van der Waals surface area contributed by atoms with Gasteiger partial charge in [0, 0.05) is 31.5 Å². The molecule has 0 saturated carbocycles. The van der Waals surface area contributed by atoms with Crippen LogP contribution in [-0.4, -0.2) is 54.2 Å². The van der Waals surface area contributed by atoms with Gasteiger partial charge in [-0.25, -0.2) is 13.4 Å². The van der Waals surface area contributed by atoms with E-state index in [1.54, 1.807) is 52.1 Å². The third-order valence-corrected chi connectivity index (χ3v) is 8.47. The number of carbonyl (C=O) groups is 1. The average Bonchev–Trinajstić information content (AvgIpc) is 2.84. The first-order valence-electron chi connectivity index (χ1n) is 10.9. The van der Waals surface area contributed by atoms with Gasteiger partial charge in [-0.3, -0.25) is 9.59 Å². The summed E-state index contributed by atoms with van der Waals surface area (Å²) in [4.78, 5) is 32.6. The van der Waals surface area contributed by atoms with Gasteiger partial charge in [-0.1, -0.05) is 0 Å². The van der Waals surface area contributed by atoms with Crippen LogP contribution in [0, 0.1) is 6.92 Å². The topological polar surface area (TPSA) is 98.6 Å². The molecule has 33 heavy (non-hydrogen) atoms. The molecule has 0 radical (unpaired) electrons. The van der Waals surface area contributed by atoms with E-state index in [-0.39, 0.29) is 34.9 Å². The standard InChI is InChI=1S/C24H27N3O5S/c1-4-26-15-21(22(28)20-10-5-16(2)25-23(20)26)24(29)27-13-11-19(12-14-27)33(30,31)18-8-6-17(32-3)7-9-18/h5-10,15,19H,4,11-14H2,1-3H3. The lowest BCUT2D eigenvalue weighted by Gasteiger charge is -2.31. The maximum Gasteiger partial charge on any atom is 0.259 e. The zero-order chi connectivity index (χ0) is 23.8. The van der Waals surface area contributed by atoms with Crippen LogP contribution in [0.4, 0.5) is 0 Å². The molecular weight excluding hydrogens is 442 g/mol. The van der Waals surface area contributed by atoms with Crippen LogP contribution in [0.3, 0.4) is 0 Å². The van der Waals surface area contributed by atoms with E-state index < -0.39 is 15.1 Å². The first kappa shape index (κ1) is 23.0. The van der Waals surface area contributed by atoms with E-state index in [0.29, 0.717) is 36.2 Å². The summed E-state index contributed by atoms with van der Waals surface area (Å²) in [6, 6.07) is 9.80. The van der Waals surface area contributed by atoms with E-state index in [1.807, 2.05) is 13.8 Å². The zero-order valence-electron chi connectivity index (χ0n) is 18.9. The van der Waals surface area contributed by atoms with Gasteiger partial charge < -0.3 is 14.2 Å². The fourth-order valence-corrected chi connectivity index (χ4v) is 5.98. The maximum atomic E-state index is 13.2. The van der Waals surface area contributed by atoms with Crippen molar-refractivity contribution < 1.29 is 17.9 Å². The van der Waals surface area contributed by atoms with Gasteiger partial charge in [0.2, 0.25) is 5.43 Å². The molecule has 2 aromatic heterocycles. The smallest absolute Gasteiger partial charge is 0.259 e. The normalized spacial score (nSPS) is 15.1. The van der Waals surface area contributed by atoms with Crippen LogP contribution in [0.15, 0.2) is 52.3 Å².